The molecule has 0 spiro atoms. The molecule has 2 rings (SSSR count). The number of aldehydes is 1. The summed E-state index contributed by atoms with van der Waals surface area (Å²) >= 11 is 5.99. The fourth-order valence-electron chi connectivity index (χ4n) is 1.69. The second-order valence-corrected chi connectivity index (χ2v) is 4.33. The van der Waals surface area contributed by atoms with Crippen molar-refractivity contribution in [2.75, 3.05) is 0 Å². The van der Waals surface area contributed by atoms with Gasteiger partial charge in [-0.2, -0.15) is 0 Å². The molecule has 0 aliphatic rings. The molecule has 0 fully saturated rings. The highest BCUT2D eigenvalue weighted by atomic mass is 35.5. The number of allylic oxidation sites excluding steroid dienone is 1. The Kier molecular flexibility index (Phi) is 4.26. The summed E-state index contributed by atoms with van der Waals surface area (Å²) in [6, 6.07) is 13.9. The van der Waals surface area contributed by atoms with Gasteiger partial charge in [0, 0.05) is 16.1 Å². The van der Waals surface area contributed by atoms with Gasteiger partial charge in [0.25, 0.3) is 0 Å². The molecule has 0 radical (unpaired) electrons. The van der Waals surface area contributed by atoms with E-state index in [0.29, 0.717) is 22.4 Å². The van der Waals surface area contributed by atoms with Gasteiger partial charge in [-0.3, -0.25) is 9.59 Å². The normalized spacial score (nSPS) is 10.6. The van der Waals surface area contributed by atoms with Crippen LogP contribution in [0.1, 0.15) is 26.3 Å². The van der Waals surface area contributed by atoms with Gasteiger partial charge in [0.2, 0.25) is 0 Å². The van der Waals surface area contributed by atoms with Crippen molar-refractivity contribution in [3.8, 4) is 0 Å². The summed E-state index contributed by atoms with van der Waals surface area (Å²) < 4.78 is 0. The minimum atomic E-state index is -0.220. The highest BCUT2D eigenvalue weighted by molar-refractivity contribution is 6.32. The van der Waals surface area contributed by atoms with E-state index >= 15 is 0 Å². The molecule has 0 saturated carbocycles. The Hall–Kier alpha value is -2.19. The number of carbonyl (C=O) groups excluding carboxylic acids is 2. The number of ketones is 1. The van der Waals surface area contributed by atoms with E-state index in [0.717, 1.165) is 5.56 Å². The van der Waals surface area contributed by atoms with Crippen LogP contribution in [-0.2, 0) is 0 Å². The topological polar surface area (TPSA) is 34.1 Å². The smallest absolute Gasteiger partial charge is 0.186 e. The third-order valence-corrected chi connectivity index (χ3v) is 3.02. The molecule has 0 N–H and O–H groups in total. The lowest BCUT2D eigenvalue weighted by Crippen LogP contribution is -1.99. The lowest BCUT2D eigenvalue weighted by atomic mass is 10.0. The highest BCUT2D eigenvalue weighted by Crippen LogP contribution is 2.17. The molecule has 3 heteroatoms. The van der Waals surface area contributed by atoms with Gasteiger partial charge in [-0.15, -0.1) is 0 Å². The van der Waals surface area contributed by atoms with E-state index in [-0.39, 0.29) is 5.78 Å². The van der Waals surface area contributed by atoms with E-state index in [9.17, 15) is 9.59 Å². The van der Waals surface area contributed by atoms with Crippen molar-refractivity contribution >= 4 is 29.7 Å². The van der Waals surface area contributed by atoms with Crippen LogP contribution in [-0.4, -0.2) is 12.1 Å². The lowest BCUT2D eigenvalue weighted by Gasteiger charge is -2.00. The van der Waals surface area contributed by atoms with Crippen molar-refractivity contribution in [2.45, 2.75) is 0 Å². The predicted octanol–water partition coefficient (Wildman–Crippen LogP) is 4.05. The zero-order chi connectivity index (χ0) is 13.7. The van der Waals surface area contributed by atoms with Crippen LogP contribution in [0.25, 0.3) is 6.08 Å². The van der Waals surface area contributed by atoms with E-state index in [4.69, 9.17) is 11.6 Å². The van der Waals surface area contributed by atoms with Crippen LogP contribution in [0.5, 0.6) is 0 Å². The van der Waals surface area contributed by atoms with E-state index in [2.05, 4.69) is 0 Å². The largest absolute Gasteiger partial charge is 0.298 e. The molecule has 0 aliphatic carbocycles. The fraction of sp³-hybridized carbons (Fsp3) is 0. The zero-order valence-corrected chi connectivity index (χ0v) is 10.8. The summed E-state index contributed by atoms with van der Waals surface area (Å²) in [5, 5.41) is 0.579. The summed E-state index contributed by atoms with van der Waals surface area (Å²) in [7, 11) is 0. The molecule has 2 aromatic carbocycles. The van der Waals surface area contributed by atoms with Crippen molar-refractivity contribution in [3.05, 3.63) is 76.3 Å². The molecular formula is C16H11ClO2. The molecule has 0 atom stereocenters. The minimum absolute atomic E-state index is 0.220. The first kappa shape index (κ1) is 13.2. The van der Waals surface area contributed by atoms with Gasteiger partial charge < -0.3 is 0 Å². The Morgan fingerprint density at radius 2 is 1.58 bits per heavy atom. The second kappa shape index (κ2) is 6.12. The molecule has 19 heavy (non-hydrogen) atoms. The predicted molar refractivity (Wildman–Crippen MR) is 76.6 cm³/mol. The first-order valence-corrected chi connectivity index (χ1v) is 6.11. The molecular weight excluding hydrogens is 260 g/mol. The molecule has 2 nitrogen and oxygen atoms in total. The van der Waals surface area contributed by atoms with Gasteiger partial charge in [0.05, 0.1) is 0 Å². The maximum absolute atomic E-state index is 12.0. The van der Waals surface area contributed by atoms with Crippen LogP contribution < -0.4 is 0 Å². The Bertz CT molecular complexity index is 645. The van der Waals surface area contributed by atoms with Gasteiger partial charge in [-0.1, -0.05) is 54.1 Å². The first-order chi connectivity index (χ1) is 9.22. The van der Waals surface area contributed by atoms with Crippen molar-refractivity contribution < 1.29 is 9.59 Å². The van der Waals surface area contributed by atoms with E-state index in [1.54, 1.807) is 36.4 Å². The molecule has 0 amide bonds. The quantitative estimate of drug-likeness (QED) is 0.477. The van der Waals surface area contributed by atoms with Crippen molar-refractivity contribution in [1.82, 2.24) is 0 Å². The molecule has 0 unspecified atom stereocenters. The first-order valence-electron chi connectivity index (χ1n) is 5.73. The third-order valence-electron chi connectivity index (χ3n) is 2.67. The molecule has 0 saturated heterocycles. The van der Waals surface area contributed by atoms with Gasteiger partial charge in [-0.25, -0.2) is 0 Å². The van der Waals surface area contributed by atoms with Gasteiger partial charge in [0.1, 0.15) is 0 Å². The van der Waals surface area contributed by atoms with Crippen LogP contribution in [0.4, 0.5) is 0 Å². The number of benzene rings is 2. The van der Waals surface area contributed by atoms with E-state index in [1.165, 1.54) is 6.08 Å². The van der Waals surface area contributed by atoms with Crippen molar-refractivity contribution in [3.63, 3.8) is 0 Å². The monoisotopic (exact) mass is 270 g/mol. The van der Waals surface area contributed by atoms with Crippen molar-refractivity contribution in [2.24, 2.45) is 0 Å². The summed E-state index contributed by atoms with van der Waals surface area (Å²) in [5.74, 6) is -0.220. The zero-order valence-electron chi connectivity index (χ0n) is 10.0. The maximum atomic E-state index is 12.0. The summed E-state index contributed by atoms with van der Waals surface area (Å²) in [6.07, 6.45) is 3.74. The third kappa shape index (κ3) is 3.18. The number of rotatable bonds is 4. The molecule has 94 valence electrons. The SMILES string of the molecule is O=Cc1ccccc1C(=O)/C=C/c1ccccc1Cl. The lowest BCUT2D eigenvalue weighted by molar-refractivity contribution is 0.103. The Morgan fingerprint density at radius 3 is 2.26 bits per heavy atom. The van der Waals surface area contributed by atoms with Crippen LogP contribution in [0.15, 0.2) is 54.6 Å². The minimum Gasteiger partial charge on any atom is -0.298 e. The van der Waals surface area contributed by atoms with E-state index in [1.807, 2.05) is 18.2 Å². The molecule has 2 aromatic rings. The molecule has 0 aliphatic heterocycles. The van der Waals surface area contributed by atoms with Crippen LogP contribution in [0.2, 0.25) is 5.02 Å². The number of hydrogen-bond acceptors (Lipinski definition) is 2. The Morgan fingerprint density at radius 1 is 0.947 bits per heavy atom. The van der Waals surface area contributed by atoms with Crippen LogP contribution >= 0.6 is 11.6 Å². The molecule has 0 bridgehead atoms. The van der Waals surface area contributed by atoms with E-state index < -0.39 is 0 Å². The number of hydrogen-bond donors (Lipinski definition) is 0. The number of carbonyl (C=O) groups is 2. The average molecular weight is 271 g/mol. The van der Waals surface area contributed by atoms with Crippen LogP contribution in [0.3, 0.4) is 0 Å². The van der Waals surface area contributed by atoms with Crippen LogP contribution in [0, 0.1) is 0 Å². The number of halogens is 1. The molecule has 0 aromatic heterocycles. The molecule has 0 heterocycles. The van der Waals surface area contributed by atoms with Gasteiger partial charge in [0.15, 0.2) is 12.1 Å². The van der Waals surface area contributed by atoms with Gasteiger partial charge in [-0.05, 0) is 23.8 Å². The summed E-state index contributed by atoms with van der Waals surface area (Å²) in [4.78, 5) is 22.9. The Balaban J connectivity index is 2.27. The van der Waals surface area contributed by atoms with Gasteiger partial charge >= 0.3 is 0 Å². The fourth-order valence-corrected chi connectivity index (χ4v) is 1.89. The summed E-state index contributed by atoms with van der Waals surface area (Å²) in [5.41, 5.74) is 1.54. The standard InChI is InChI=1S/C16H11ClO2/c17-15-8-4-2-5-12(15)9-10-16(19)14-7-3-1-6-13(14)11-18/h1-11H/b10-9+. The average Bonchev–Trinajstić information content (AvgIpc) is 2.46. The summed E-state index contributed by atoms with van der Waals surface area (Å²) in [6.45, 7) is 0. The highest BCUT2D eigenvalue weighted by Gasteiger charge is 2.07. The Labute approximate surface area is 116 Å². The van der Waals surface area contributed by atoms with Crippen molar-refractivity contribution in [1.29, 1.82) is 0 Å². The second-order valence-electron chi connectivity index (χ2n) is 3.92. The maximum Gasteiger partial charge on any atom is 0.186 e.